The smallest absolute Gasteiger partial charge is 0.407 e. The third-order valence-corrected chi connectivity index (χ3v) is 3.55. The number of ether oxygens (including phenoxy) is 3. The normalized spacial score (nSPS) is 17.2. The van der Waals surface area contributed by atoms with Crippen molar-refractivity contribution in [2.24, 2.45) is 0 Å². The number of amides is 1. The van der Waals surface area contributed by atoms with Crippen LogP contribution < -0.4 is 5.32 Å². The third-order valence-electron chi connectivity index (χ3n) is 3.32. The molecule has 0 aromatic heterocycles. The van der Waals surface area contributed by atoms with Gasteiger partial charge in [0.2, 0.25) is 0 Å². The van der Waals surface area contributed by atoms with E-state index in [0.29, 0.717) is 24.8 Å². The average Bonchev–Trinajstić information content (AvgIpc) is 2.48. The molecule has 1 atom stereocenters. The maximum absolute atomic E-state index is 12.0. The number of carbonyl (C=O) groups is 1. The number of nitrogens with one attached hydrogen (secondary N) is 1. The summed E-state index contributed by atoms with van der Waals surface area (Å²) < 4.78 is 15.8. The summed E-state index contributed by atoms with van der Waals surface area (Å²) in [7, 11) is 1.59. The predicted molar refractivity (Wildman–Crippen MR) is 79.5 cm³/mol. The molecule has 0 bridgehead atoms. The van der Waals surface area contributed by atoms with Crippen molar-refractivity contribution in [1.29, 1.82) is 0 Å². The van der Waals surface area contributed by atoms with E-state index in [2.05, 4.69) is 5.32 Å². The van der Waals surface area contributed by atoms with Gasteiger partial charge in [0.15, 0.2) is 0 Å². The third kappa shape index (κ3) is 5.19. The first-order valence-electron chi connectivity index (χ1n) is 6.98. The van der Waals surface area contributed by atoms with E-state index in [1.807, 2.05) is 12.1 Å². The van der Waals surface area contributed by atoms with E-state index in [4.69, 9.17) is 25.8 Å². The molecule has 0 aliphatic carbocycles. The van der Waals surface area contributed by atoms with E-state index in [1.54, 1.807) is 19.2 Å². The number of carbonyl (C=O) groups excluding carboxylic acids is 1. The molecule has 0 radical (unpaired) electrons. The summed E-state index contributed by atoms with van der Waals surface area (Å²) in [6, 6.07) is 7.03. The molecular formula is C15H20ClNO4. The highest BCUT2D eigenvalue weighted by Gasteiger charge is 2.21. The number of hydrogen-bond donors (Lipinski definition) is 1. The van der Waals surface area contributed by atoms with Gasteiger partial charge in [-0.3, -0.25) is 0 Å². The Hall–Kier alpha value is -1.30. The van der Waals surface area contributed by atoms with Crippen molar-refractivity contribution in [2.45, 2.75) is 25.0 Å². The van der Waals surface area contributed by atoms with Gasteiger partial charge in [0.05, 0.1) is 25.9 Å². The Kier molecular flexibility index (Phi) is 6.29. The lowest BCUT2D eigenvalue weighted by Gasteiger charge is -2.24. The minimum atomic E-state index is -0.441. The van der Waals surface area contributed by atoms with Gasteiger partial charge >= 0.3 is 6.09 Å². The predicted octanol–water partition coefficient (Wildman–Crippen LogP) is 2.93. The second-order valence-electron chi connectivity index (χ2n) is 4.92. The highest BCUT2D eigenvalue weighted by molar-refractivity contribution is 6.30. The Balaban J connectivity index is 1.93. The van der Waals surface area contributed by atoms with E-state index in [9.17, 15) is 4.79 Å². The molecule has 1 fully saturated rings. The van der Waals surface area contributed by atoms with Gasteiger partial charge in [0.25, 0.3) is 0 Å². The van der Waals surface area contributed by atoms with Crippen molar-refractivity contribution in [3.63, 3.8) is 0 Å². The van der Waals surface area contributed by atoms with Crippen LogP contribution in [0.15, 0.2) is 24.3 Å². The van der Waals surface area contributed by atoms with Crippen molar-refractivity contribution in [1.82, 2.24) is 5.32 Å². The molecule has 1 heterocycles. The van der Waals surface area contributed by atoms with Crippen molar-refractivity contribution >= 4 is 17.7 Å². The molecule has 6 heteroatoms. The lowest BCUT2D eigenvalue weighted by Crippen LogP contribution is -2.36. The second kappa shape index (κ2) is 8.22. The largest absolute Gasteiger partial charge is 0.446 e. The molecule has 0 spiro atoms. The zero-order valence-corrected chi connectivity index (χ0v) is 12.8. The molecule has 1 aromatic carbocycles. The van der Waals surface area contributed by atoms with E-state index < -0.39 is 6.09 Å². The summed E-state index contributed by atoms with van der Waals surface area (Å²) in [5.74, 6) is 0. The Morgan fingerprint density at radius 1 is 1.48 bits per heavy atom. The van der Waals surface area contributed by atoms with Gasteiger partial charge in [0.1, 0.15) is 6.10 Å². The molecule has 2 rings (SSSR count). The lowest BCUT2D eigenvalue weighted by molar-refractivity contribution is -0.000157. The maximum Gasteiger partial charge on any atom is 0.407 e. The molecule has 1 amide bonds. The molecule has 116 valence electrons. The van der Waals surface area contributed by atoms with Crippen LogP contribution in [0.4, 0.5) is 4.79 Å². The maximum atomic E-state index is 12.0. The monoisotopic (exact) mass is 313 g/mol. The van der Waals surface area contributed by atoms with Crippen molar-refractivity contribution < 1.29 is 19.0 Å². The highest BCUT2D eigenvalue weighted by Crippen LogP contribution is 2.19. The zero-order valence-electron chi connectivity index (χ0n) is 12.0. The van der Waals surface area contributed by atoms with Crippen LogP contribution in [-0.4, -0.2) is 39.1 Å². The molecule has 21 heavy (non-hydrogen) atoms. The van der Waals surface area contributed by atoms with Crippen LogP contribution in [0, 0.1) is 0 Å². The van der Waals surface area contributed by atoms with E-state index in [0.717, 1.165) is 18.4 Å². The topological polar surface area (TPSA) is 56.8 Å². The van der Waals surface area contributed by atoms with E-state index in [-0.39, 0.29) is 12.1 Å². The van der Waals surface area contributed by atoms with Crippen molar-refractivity contribution in [2.75, 3.05) is 26.9 Å². The van der Waals surface area contributed by atoms with Gasteiger partial charge in [-0.25, -0.2) is 4.79 Å². The molecule has 1 aliphatic rings. The first kappa shape index (κ1) is 16.1. The first-order chi connectivity index (χ1) is 10.2. The lowest BCUT2D eigenvalue weighted by atomic mass is 10.1. The number of methoxy groups -OCH3 is 1. The molecular weight excluding hydrogens is 294 g/mol. The highest BCUT2D eigenvalue weighted by atomic mass is 35.5. The van der Waals surface area contributed by atoms with Crippen LogP contribution >= 0.6 is 11.6 Å². The van der Waals surface area contributed by atoms with Gasteiger partial charge in [-0.05, 0) is 17.7 Å². The fourth-order valence-corrected chi connectivity index (χ4v) is 2.43. The number of alkyl carbamates (subject to hydrolysis) is 1. The number of benzene rings is 1. The Bertz CT molecular complexity index is 463. The number of rotatable bonds is 5. The molecule has 1 N–H and O–H groups in total. The van der Waals surface area contributed by atoms with Crippen LogP contribution in [0.2, 0.25) is 5.02 Å². The van der Waals surface area contributed by atoms with Crippen molar-refractivity contribution in [3.05, 3.63) is 34.9 Å². The van der Waals surface area contributed by atoms with Crippen LogP contribution in [0.1, 0.15) is 24.4 Å². The summed E-state index contributed by atoms with van der Waals surface area (Å²) in [6.45, 7) is 1.62. The van der Waals surface area contributed by atoms with Crippen LogP contribution in [0.5, 0.6) is 0 Å². The summed E-state index contributed by atoms with van der Waals surface area (Å²) in [4.78, 5) is 12.0. The molecule has 1 unspecified atom stereocenters. The fraction of sp³-hybridized carbons (Fsp3) is 0.533. The van der Waals surface area contributed by atoms with Crippen LogP contribution in [0.3, 0.4) is 0 Å². The van der Waals surface area contributed by atoms with Crippen molar-refractivity contribution in [3.8, 4) is 0 Å². The SMILES string of the molecule is COCC(NC(=O)OC1CCOCC1)c1cccc(Cl)c1. The summed E-state index contributed by atoms with van der Waals surface area (Å²) in [6.07, 6.45) is 0.948. The van der Waals surface area contributed by atoms with Gasteiger partial charge in [0, 0.05) is 25.0 Å². The number of hydrogen-bond acceptors (Lipinski definition) is 4. The van der Waals surface area contributed by atoms with E-state index >= 15 is 0 Å². The Morgan fingerprint density at radius 2 is 2.24 bits per heavy atom. The minimum absolute atomic E-state index is 0.0821. The molecule has 1 saturated heterocycles. The molecule has 1 aromatic rings. The summed E-state index contributed by atoms with van der Waals surface area (Å²) >= 11 is 5.98. The van der Waals surface area contributed by atoms with Crippen LogP contribution in [0.25, 0.3) is 0 Å². The quantitative estimate of drug-likeness (QED) is 0.908. The zero-order chi connectivity index (χ0) is 15.1. The van der Waals surface area contributed by atoms with E-state index in [1.165, 1.54) is 0 Å². The fourth-order valence-electron chi connectivity index (χ4n) is 2.23. The van der Waals surface area contributed by atoms with Crippen LogP contribution in [-0.2, 0) is 14.2 Å². The first-order valence-corrected chi connectivity index (χ1v) is 7.36. The Morgan fingerprint density at radius 3 is 2.90 bits per heavy atom. The molecule has 5 nitrogen and oxygen atoms in total. The Labute approximate surface area is 129 Å². The van der Waals surface area contributed by atoms with Gasteiger partial charge < -0.3 is 19.5 Å². The minimum Gasteiger partial charge on any atom is -0.446 e. The van der Waals surface area contributed by atoms with Gasteiger partial charge in [-0.15, -0.1) is 0 Å². The summed E-state index contributed by atoms with van der Waals surface area (Å²) in [5.41, 5.74) is 0.883. The molecule has 1 aliphatic heterocycles. The van der Waals surface area contributed by atoms with Gasteiger partial charge in [-0.1, -0.05) is 23.7 Å². The standard InChI is InChI=1S/C15H20ClNO4/c1-19-10-14(11-3-2-4-12(16)9-11)17-15(18)21-13-5-7-20-8-6-13/h2-4,9,13-14H,5-8,10H2,1H3,(H,17,18). The number of halogens is 1. The second-order valence-corrected chi connectivity index (χ2v) is 5.36. The summed E-state index contributed by atoms with van der Waals surface area (Å²) in [5, 5.41) is 3.44. The average molecular weight is 314 g/mol. The van der Waals surface area contributed by atoms with Gasteiger partial charge in [-0.2, -0.15) is 0 Å². The molecule has 0 saturated carbocycles.